The summed E-state index contributed by atoms with van der Waals surface area (Å²) in [4.78, 5) is 21.2. The highest BCUT2D eigenvalue weighted by Gasteiger charge is 2.18. The van der Waals surface area contributed by atoms with Crippen molar-refractivity contribution >= 4 is 19.0 Å². The summed E-state index contributed by atoms with van der Waals surface area (Å²) in [6, 6.07) is 8.82. The number of unbranched alkanes of at least 4 members (excludes halogenated alkanes) is 1. The Hall–Kier alpha value is -1.70. The van der Waals surface area contributed by atoms with Crippen LogP contribution in [-0.2, 0) is 9.59 Å². The fourth-order valence-electron chi connectivity index (χ4n) is 3.36. The highest BCUT2D eigenvalue weighted by Crippen LogP contribution is 2.20. The van der Waals surface area contributed by atoms with Gasteiger partial charge in [-0.1, -0.05) is 31.0 Å². The van der Waals surface area contributed by atoms with Crippen molar-refractivity contribution in [3.05, 3.63) is 29.8 Å². The zero-order valence-corrected chi connectivity index (χ0v) is 16.2. The van der Waals surface area contributed by atoms with Crippen LogP contribution in [-0.4, -0.2) is 67.0 Å². The summed E-state index contributed by atoms with van der Waals surface area (Å²) in [5, 5.41) is 17.7. The quantitative estimate of drug-likeness (QED) is 0.433. The van der Waals surface area contributed by atoms with E-state index >= 15 is 0 Å². The molecule has 4 N–H and O–H groups in total. The fraction of sp³-hybridized carbons (Fsp3) is 0.632. The minimum absolute atomic E-state index is 0.218. The lowest BCUT2D eigenvalue weighted by molar-refractivity contribution is -0.191. The van der Waals surface area contributed by atoms with Gasteiger partial charge in [0.05, 0.1) is 0 Å². The van der Waals surface area contributed by atoms with Crippen LogP contribution in [0, 0.1) is 6.92 Å². The van der Waals surface area contributed by atoms with E-state index < -0.39 is 7.12 Å². The molecule has 2 rings (SSSR count). The summed E-state index contributed by atoms with van der Waals surface area (Å²) in [5.74, 6) is 0. The summed E-state index contributed by atoms with van der Waals surface area (Å²) in [6.45, 7) is 7.58. The average Bonchev–Trinajstić information content (AvgIpc) is 2.65. The zero-order chi connectivity index (χ0) is 20.1. The number of nitrogens with two attached hydrogens (primary N) is 1. The van der Waals surface area contributed by atoms with Crippen LogP contribution >= 0.6 is 0 Å². The Kier molecular flexibility index (Phi) is 11.6. The Bertz CT molecular complexity index is 560. The first-order valence-corrected chi connectivity index (χ1v) is 9.61. The lowest BCUT2D eigenvalue weighted by atomic mass is 9.83. The molecule has 1 atom stereocenters. The number of benzene rings is 1. The maximum absolute atomic E-state index is 8.83. The molecule has 0 amide bonds. The maximum Gasteiger partial charge on any atom is 0.451 e. The number of rotatable bonds is 9. The summed E-state index contributed by atoms with van der Waals surface area (Å²) in [6.07, 6.45) is 4.50. The highest BCUT2D eigenvalue weighted by molar-refractivity contribution is 6.40. The molecule has 0 radical (unpaired) electrons. The Balaban J connectivity index is 0.00000114. The lowest BCUT2D eigenvalue weighted by Gasteiger charge is -2.37. The molecule has 1 unspecified atom stereocenters. The molecule has 150 valence electrons. The molecule has 1 fully saturated rings. The van der Waals surface area contributed by atoms with E-state index in [1.165, 1.54) is 11.3 Å². The second-order valence-corrected chi connectivity index (χ2v) is 7.01. The van der Waals surface area contributed by atoms with E-state index in [0.29, 0.717) is 6.32 Å². The third kappa shape index (κ3) is 9.70. The zero-order valence-electron chi connectivity index (χ0n) is 16.2. The number of piperazine rings is 1. The molecule has 0 spiro atoms. The second kappa shape index (κ2) is 13.5. The molecular formula is C19H32BN3O4. The van der Waals surface area contributed by atoms with Gasteiger partial charge in [0.2, 0.25) is 0 Å². The molecule has 0 saturated carbocycles. The number of carbonyl (C=O) groups excluding carboxylic acids is 2. The van der Waals surface area contributed by atoms with Crippen LogP contribution in [0.25, 0.3) is 0 Å². The molecule has 1 aliphatic rings. The first kappa shape index (κ1) is 23.3. The summed E-state index contributed by atoms with van der Waals surface area (Å²) in [7, 11) is -1.18. The summed E-state index contributed by atoms with van der Waals surface area (Å²) in [5.41, 5.74) is 8.89. The SMILES string of the molecule is Cc1ccccc1N1CCN(CCC(N)CCCCB(O)O)CC1.O=C=O. The maximum atomic E-state index is 8.83. The minimum Gasteiger partial charge on any atom is -0.427 e. The molecule has 0 aliphatic carbocycles. The number of hydrogen-bond donors (Lipinski definition) is 3. The van der Waals surface area contributed by atoms with E-state index in [-0.39, 0.29) is 12.2 Å². The average molecular weight is 377 g/mol. The number of nitrogens with zero attached hydrogens (tertiary/aromatic N) is 2. The van der Waals surface area contributed by atoms with Gasteiger partial charge in [-0.25, -0.2) is 0 Å². The molecule has 1 saturated heterocycles. The minimum atomic E-state index is -1.18. The van der Waals surface area contributed by atoms with Gasteiger partial charge < -0.3 is 20.7 Å². The van der Waals surface area contributed by atoms with E-state index in [1.807, 2.05) is 0 Å². The van der Waals surface area contributed by atoms with Crippen molar-refractivity contribution in [1.29, 1.82) is 0 Å². The van der Waals surface area contributed by atoms with E-state index in [9.17, 15) is 0 Å². The molecule has 1 aromatic carbocycles. The molecule has 27 heavy (non-hydrogen) atoms. The molecule has 0 bridgehead atoms. The largest absolute Gasteiger partial charge is 0.451 e. The van der Waals surface area contributed by atoms with Crippen molar-refractivity contribution < 1.29 is 19.6 Å². The van der Waals surface area contributed by atoms with Gasteiger partial charge in [-0.3, -0.25) is 4.90 Å². The first-order valence-electron chi connectivity index (χ1n) is 9.61. The van der Waals surface area contributed by atoms with Gasteiger partial charge in [0.25, 0.3) is 0 Å². The normalized spacial score (nSPS) is 15.5. The van der Waals surface area contributed by atoms with Crippen LogP contribution < -0.4 is 10.6 Å². The Labute approximate surface area is 162 Å². The standard InChI is InChI=1S/C18H32BN3O2.CO2/c1-16-6-2-3-8-18(16)22-14-12-21(13-15-22)11-9-17(20)7-4-5-10-19(23)24;2-1-3/h2-3,6,8,17,23-24H,4-5,7,9-15,20H2,1H3;. The molecule has 7 nitrogen and oxygen atoms in total. The fourth-order valence-corrected chi connectivity index (χ4v) is 3.36. The molecule has 1 heterocycles. The topological polar surface area (TPSA) is 107 Å². The van der Waals surface area contributed by atoms with Crippen molar-refractivity contribution in [2.45, 2.75) is 45.0 Å². The molecular weight excluding hydrogens is 345 g/mol. The van der Waals surface area contributed by atoms with E-state index in [0.717, 1.165) is 58.4 Å². The van der Waals surface area contributed by atoms with E-state index in [4.69, 9.17) is 25.4 Å². The van der Waals surface area contributed by atoms with Crippen LogP contribution in [0.2, 0.25) is 6.32 Å². The predicted octanol–water partition coefficient (Wildman–Crippen LogP) is 0.894. The molecule has 0 aromatic heterocycles. The number of aryl methyl sites for hydroxylation is 1. The smallest absolute Gasteiger partial charge is 0.427 e. The van der Waals surface area contributed by atoms with Gasteiger partial charge >= 0.3 is 13.3 Å². The highest BCUT2D eigenvalue weighted by atomic mass is 16.4. The van der Waals surface area contributed by atoms with Crippen molar-refractivity contribution in [1.82, 2.24) is 4.90 Å². The Morgan fingerprint density at radius 2 is 1.74 bits per heavy atom. The van der Waals surface area contributed by atoms with Crippen molar-refractivity contribution in [3.63, 3.8) is 0 Å². The molecule has 8 heteroatoms. The van der Waals surface area contributed by atoms with Crippen LogP contribution in [0.5, 0.6) is 0 Å². The van der Waals surface area contributed by atoms with Gasteiger partial charge in [-0.15, -0.1) is 0 Å². The Morgan fingerprint density at radius 3 is 2.33 bits per heavy atom. The predicted molar refractivity (Wildman–Crippen MR) is 106 cm³/mol. The van der Waals surface area contributed by atoms with Crippen LogP contribution in [0.4, 0.5) is 5.69 Å². The van der Waals surface area contributed by atoms with Gasteiger partial charge in [-0.2, -0.15) is 9.59 Å². The van der Waals surface area contributed by atoms with Gasteiger partial charge in [0.15, 0.2) is 0 Å². The monoisotopic (exact) mass is 377 g/mol. The first-order chi connectivity index (χ1) is 13.0. The second-order valence-electron chi connectivity index (χ2n) is 7.01. The Morgan fingerprint density at radius 1 is 1.11 bits per heavy atom. The third-order valence-electron chi connectivity index (χ3n) is 4.93. The third-order valence-corrected chi connectivity index (χ3v) is 4.93. The number of para-hydroxylation sites is 1. The van der Waals surface area contributed by atoms with E-state index in [1.54, 1.807) is 0 Å². The van der Waals surface area contributed by atoms with E-state index in [2.05, 4.69) is 41.0 Å². The molecule has 1 aliphatic heterocycles. The molecule has 1 aromatic rings. The number of hydrogen-bond acceptors (Lipinski definition) is 7. The van der Waals surface area contributed by atoms with Crippen LogP contribution in [0.3, 0.4) is 0 Å². The van der Waals surface area contributed by atoms with Gasteiger partial charge in [-0.05, 0) is 44.3 Å². The summed E-state index contributed by atoms with van der Waals surface area (Å²) < 4.78 is 0. The van der Waals surface area contributed by atoms with Gasteiger partial charge in [0.1, 0.15) is 0 Å². The van der Waals surface area contributed by atoms with Gasteiger partial charge in [0, 0.05) is 37.9 Å². The van der Waals surface area contributed by atoms with Crippen molar-refractivity contribution in [3.8, 4) is 0 Å². The van der Waals surface area contributed by atoms with Crippen molar-refractivity contribution in [2.24, 2.45) is 5.73 Å². The van der Waals surface area contributed by atoms with Crippen LogP contribution in [0.15, 0.2) is 24.3 Å². The number of anilines is 1. The van der Waals surface area contributed by atoms with Crippen LogP contribution in [0.1, 0.15) is 31.2 Å². The van der Waals surface area contributed by atoms with Crippen molar-refractivity contribution in [2.75, 3.05) is 37.6 Å². The summed E-state index contributed by atoms with van der Waals surface area (Å²) >= 11 is 0. The lowest BCUT2D eigenvalue weighted by Crippen LogP contribution is -2.47.